The van der Waals surface area contributed by atoms with Crippen LogP contribution in [0.2, 0.25) is 18.1 Å². The molecular formula is C39H62O7Si. The summed E-state index contributed by atoms with van der Waals surface area (Å²) >= 11 is 0. The van der Waals surface area contributed by atoms with Gasteiger partial charge in [0.1, 0.15) is 23.7 Å². The van der Waals surface area contributed by atoms with Gasteiger partial charge in [-0.2, -0.15) is 0 Å². The Morgan fingerprint density at radius 2 is 1.83 bits per heavy atom. The molecule has 0 radical (unpaired) electrons. The summed E-state index contributed by atoms with van der Waals surface area (Å²) in [4.78, 5) is 14.4. The predicted molar refractivity (Wildman–Crippen MR) is 188 cm³/mol. The number of carbonyl (C=O) groups excluding carboxylic acids is 1. The molecule has 47 heavy (non-hydrogen) atoms. The molecule has 0 amide bonds. The van der Waals surface area contributed by atoms with Crippen LogP contribution in [0.15, 0.2) is 47.1 Å². The van der Waals surface area contributed by atoms with Crippen LogP contribution in [0.5, 0.6) is 0 Å². The van der Waals surface area contributed by atoms with Gasteiger partial charge in [-0.1, -0.05) is 84.4 Å². The Morgan fingerprint density at radius 3 is 2.51 bits per heavy atom. The van der Waals surface area contributed by atoms with Crippen LogP contribution in [0.25, 0.3) is 0 Å². The summed E-state index contributed by atoms with van der Waals surface area (Å²) in [5.41, 5.74) is 1.30. The molecule has 2 bridgehead atoms. The van der Waals surface area contributed by atoms with E-state index in [0.717, 1.165) is 31.3 Å². The van der Waals surface area contributed by atoms with E-state index < -0.39 is 49.9 Å². The van der Waals surface area contributed by atoms with Crippen molar-refractivity contribution >= 4 is 14.3 Å². The molecule has 1 aliphatic carbocycles. The minimum Gasteiger partial charge on any atom is -0.462 e. The normalized spacial score (nSPS) is 43.3. The average Bonchev–Trinajstić information content (AvgIpc) is 3.30. The quantitative estimate of drug-likeness (QED) is 0.184. The van der Waals surface area contributed by atoms with Crippen molar-refractivity contribution in [3.8, 4) is 0 Å². The van der Waals surface area contributed by atoms with Crippen LogP contribution in [0.1, 0.15) is 101 Å². The van der Waals surface area contributed by atoms with Crippen molar-refractivity contribution in [3.05, 3.63) is 47.1 Å². The molecule has 4 heterocycles. The Kier molecular flexibility index (Phi) is 10.7. The molecule has 5 aliphatic rings. The van der Waals surface area contributed by atoms with Gasteiger partial charge in [-0.3, -0.25) is 4.79 Å². The van der Waals surface area contributed by atoms with Crippen LogP contribution in [0, 0.1) is 23.7 Å². The number of rotatable bonds is 3. The van der Waals surface area contributed by atoms with Crippen molar-refractivity contribution in [1.29, 1.82) is 0 Å². The molecule has 10 atom stereocenters. The van der Waals surface area contributed by atoms with Gasteiger partial charge in [0.25, 0.3) is 0 Å². The molecule has 0 saturated carbocycles. The third kappa shape index (κ3) is 7.48. The molecule has 1 N–H and O–H groups in total. The van der Waals surface area contributed by atoms with Gasteiger partial charge in [0.2, 0.25) is 0 Å². The minimum absolute atomic E-state index is 0.0298. The Hall–Kier alpha value is -1.55. The molecule has 1 spiro atoms. The molecular weight excluding hydrogens is 609 g/mol. The highest BCUT2D eigenvalue weighted by Crippen LogP contribution is 2.50. The first-order chi connectivity index (χ1) is 21.8. The number of fused-ring (bicyclic) bond motifs is 2. The second kappa shape index (κ2) is 13.6. The zero-order chi connectivity index (χ0) is 34.5. The molecule has 8 heteroatoms. The number of allylic oxidation sites excluding steroid dienone is 4. The van der Waals surface area contributed by atoms with Crippen molar-refractivity contribution in [2.75, 3.05) is 6.61 Å². The molecule has 5 rings (SSSR count). The summed E-state index contributed by atoms with van der Waals surface area (Å²) in [7, 11) is -2.25. The second-order valence-electron chi connectivity index (χ2n) is 17.3. The van der Waals surface area contributed by atoms with E-state index in [1.807, 2.05) is 25.2 Å². The summed E-state index contributed by atoms with van der Waals surface area (Å²) in [5, 5.41) is 12.7. The van der Waals surface area contributed by atoms with Crippen LogP contribution < -0.4 is 0 Å². The lowest BCUT2D eigenvalue weighted by Crippen LogP contribution is -2.60. The van der Waals surface area contributed by atoms with Crippen LogP contribution >= 0.6 is 0 Å². The number of ether oxygens (including phenoxy) is 4. The second-order valence-corrected chi connectivity index (χ2v) is 22.0. The molecule has 7 nitrogen and oxygen atoms in total. The number of esters is 1. The number of carbonyl (C=O) groups is 1. The predicted octanol–water partition coefficient (Wildman–Crippen LogP) is 8.20. The number of hydrogen-bond donors (Lipinski definition) is 1. The van der Waals surface area contributed by atoms with Crippen molar-refractivity contribution in [1.82, 2.24) is 0 Å². The largest absolute Gasteiger partial charge is 0.462 e. The van der Waals surface area contributed by atoms with E-state index in [1.54, 1.807) is 0 Å². The summed E-state index contributed by atoms with van der Waals surface area (Å²) in [6, 6.07) is 0. The SMILES string of the molecule is CC1=C[C@H]2C(=O)O[C@H]3C[C@@H](C/C=C(\C)C[C@@H](C)/C=C/C=C4\CO[C@H]([C@@H]1O[Si](C)(C)C(C)(C)C)[C@@]42O)O[C@@]1(CC[C@H](C)[C@@H](C(C)C)O1)C3. The fraction of sp³-hybridized carbons (Fsp3) is 0.769. The van der Waals surface area contributed by atoms with Gasteiger partial charge in [-0.15, -0.1) is 0 Å². The maximum Gasteiger partial charge on any atom is 0.316 e. The Balaban J connectivity index is 1.54. The highest BCUT2D eigenvalue weighted by atomic mass is 28.4. The van der Waals surface area contributed by atoms with Gasteiger partial charge < -0.3 is 28.5 Å². The smallest absolute Gasteiger partial charge is 0.316 e. The van der Waals surface area contributed by atoms with E-state index in [9.17, 15) is 9.90 Å². The van der Waals surface area contributed by atoms with Gasteiger partial charge in [-0.25, -0.2) is 0 Å². The van der Waals surface area contributed by atoms with E-state index >= 15 is 0 Å². The molecule has 264 valence electrons. The van der Waals surface area contributed by atoms with Crippen LogP contribution in [-0.2, 0) is 28.2 Å². The molecule has 0 aromatic heterocycles. The first-order valence-corrected chi connectivity index (χ1v) is 21.1. The maximum atomic E-state index is 14.4. The van der Waals surface area contributed by atoms with E-state index in [0.29, 0.717) is 36.2 Å². The molecule has 3 saturated heterocycles. The zero-order valence-electron chi connectivity index (χ0n) is 30.9. The topological polar surface area (TPSA) is 83.5 Å². The van der Waals surface area contributed by atoms with Gasteiger partial charge >= 0.3 is 5.97 Å². The van der Waals surface area contributed by atoms with E-state index in [1.165, 1.54) is 5.57 Å². The van der Waals surface area contributed by atoms with Gasteiger partial charge in [0.05, 0.1) is 24.9 Å². The Morgan fingerprint density at radius 1 is 1.11 bits per heavy atom. The third-order valence-corrected chi connectivity index (χ3v) is 16.3. The summed E-state index contributed by atoms with van der Waals surface area (Å²) in [6.45, 7) is 24.3. The highest BCUT2D eigenvalue weighted by Gasteiger charge is 2.61. The fourth-order valence-electron chi connectivity index (χ4n) is 8.11. The fourth-order valence-corrected chi connectivity index (χ4v) is 9.41. The Labute approximate surface area is 285 Å². The zero-order valence-corrected chi connectivity index (χ0v) is 31.9. The number of hydrogen-bond acceptors (Lipinski definition) is 7. The third-order valence-electron chi connectivity index (χ3n) is 11.9. The van der Waals surface area contributed by atoms with Gasteiger partial charge in [0.15, 0.2) is 14.1 Å². The average molecular weight is 671 g/mol. The van der Waals surface area contributed by atoms with Crippen molar-refractivity contribution in [3.63, 3.8) is 0 Å². The summed E-state index contributed by atoms with van der Waals surface area (Å²) in [6.07, 6.45) is 13.2. The molecule has 0 unspecified atom stereocenters. The molecule has 4 aliphatic heterocycles. The van der Waals surface area contributed by atoms with Crippen LogP contribution in [-0.4, -0.2) is 67.9 Å². The monoisotopic (exact) mass is 670 g/mol. The van der Waals surface area contributed by atoms with Crippen LogP contribution in [0.3, 0.4) is 0 Å². The van der Waals surface area contributed by atoms with Crippen molar-refractivity contribution in [2.45, 2.75) is 161 Å². The van der Waals surface area contributed by atoms with Crippen molar-refractivity contribution in [2.24, 2.45) is 23.7 Å². The van der Waals surface area contributed by atoms with Gasteiger partial charge in [-0.05, 0) is 80.1 Å². The molecule has 0 aromatic rings. The van der Waals surface area contributed by atoms with Crippen molar-refractivity contribution < 1.29 is 33.3 Å². The molecule has 3 fully saturated rings. The first kappa shape index (κ1) is 36.7. The Bertz CT molecular complexity index is 1290. The minimum atomic E-state index is -2.25. The standard InChI is InChI=1S/C39H62O7Si/c1-24(2)33-27(5)17-18-38(45-33)22-31-21-30(44-38)16-15-26(4)19-25(3)13-12-14-29-23-42-35-34(46-47(10,11)37(7,8)9)28(6)20-32(36(40)43-31)39(29,35)41/h12-15,20,24-25,27,30-35,41H,16-19,21-23H2,1-11H3/b13-12+,26-15+,29-14+/t25-,27-,30+,31-,32-,33+,34+,35+,38+,39+/m0/s1. The van der Waals surface area contributed by atoms with Gasteiger partial charge in [0, 0.05) is 19.3 Å². The summed E-state index contributed by atoms with van der Waals surface area (Å²) in [5.74, 6) is -1.06. The van der Waals surface area contributed by atoms with E-state index in [2.05, 4.69) is 80.6 Å². The van der Waals surface area contributed by atoms with E-state index in [4.69, 9.17) is 23.4 Å². The first-order valence-electron chi connectivity index (χ1n) is 18.1. The lowest BCUT2D eigenvalue weighted by atomic mass is 9.71. The lowest BCUT2D eigenvalue weighted by Gasteiger charge is -2.51. The summed E-state index contributed by atoms with van der Waals surface area (Å²) < 4.78 is 33.5. The lowest BCUT2D eigenvalue weighted by molar-refractivity contribution is -0.340. The molecule has 0 aromatic carbocycles. The van der Waals surface area contributed by atoms with E-state index in [-0.39, 0.29) is 23.9 Å². The van der Waals surface area contributed by atoms with Crippen LogP contribution in [0.4, 0.5) is 0 Å². The number of aliphatic hydroxyl groups is 1. The maximum absolute atomic E-state index is 14.4. The highest BCUT2D eigenvalue weighted by molar-refractivity contribution is 6.74.